The van der Waals surface area contributed by atoms with Crippen LogP contribution in [0, 0.1) is 0 Å². The summed E-state index contributed by atoms with van der Waals surface area (Å²) in [5.41, 5.74) is 2.37. The Morgan fingerprint density at radius 2 is 1.88 bits per heavy atom. The number of nitrogens with one attached hydrogen (secondary N) is 1. The fraction of sp³-hybridized carbons (Fsp3) is 0.240. The number of benzene rings is 2. The molecule has 1 amide bonds. The molecule has 7 heteroatoms. The van der Waals surface area contributed by atoms with Gasteiger partial charge >= 0.3 is 0 Å². The van der Waals surface area contributed by atoms with Gasteiger partial charge in [0.2, 0.25) is 5.91 Å². The number of nitrogens with zero attached hydrogens (tertiary/aromatic N) is 3. The third-order valence-electron chi connectivity index (χ3n) is 5.17. The van der Waals surface area contributed by atoms with Gasteiger partial charge in [-0.2, -0.15) is 0 Å². The van der Waals surface area contributed by atoms with Gasteiger partial charge in [0.1, 0.15) is 6.61 Å². The summed E-state index contributed by atoms with van der Waals surface area (Å²) in [7, 11) is 1.58. The van der Waals surface area contributed by atoms with Crippen molar-refractivity contribution in [2.75, 3.05) is 37.0 Å². The van der Waals surface area contributed by atoms with Gasteiger partial charge in [0.15, 0.2) is 23.1 Å². The zero-order valence-electron chi connectivity index (χ0n) is 18.1. The molecule has 0 bridgehead atoms. The van der Waals surface area contributed by atoms with Gasteiger partial charge in [-0.1, -0.05) is 30.9 Å². The molecule has 32 heavy (non-hydrogen) atoms. The number of para-hydroxylation sites is 2. The van der Waals surface area contributed by atoms with Crippen LogP contribution in [0.4, 0.5) is 11.6 Å². The van der Waals surface area contributed by atoms with Crippen molar-refractivity contribution in [1.82, 2.24) is 9.97 Å². The number of aromatic nitrogens is 2. The molecule has 0 aliphatic carbocycles. The molecule has 0 unspecified atom stereocenters. The van der Waals surface area contributed by atoms with Crippen LogP contribution < -0.4 is 19.7 Å². The molecule has 1 aliphatic rings. The lowest BCUT2D eigenvalue weighted by molar-refractivity contribution is -0.111. The lowest BCUT2D eigenvalue weighted by Crippen LogP contribution is -2.22. The van der Waals surface area contributed by atoms with Crippen molar-refractivity contribution in [3.63, 3.8) is 0 Å². The Morgan fingerprint density at radius 1 is 1.12 bits per heavy atom. The van der Waals surface area contributed by atoms with Gasteiger partial charge < -0.3 is 19.7 Å². The zero-order chi connectivity index (χ0) is 22.3. The molecule has 4 rings (SSSR count). The summed E-state index contributed by atoms with van der Waals surface area (Å²) in [6, 6.07) is 13.2. The number of amides is 1. The summed E-state index contributed by atoms with van der Waals surface area (Å²) >= 11 is 0. The maximum absolute atomic E-state index is 12.7. The van der Waals surface area contributed by atoms with E-state index in [4.69, 9.17) is 14.5 Å². The van der Waals surface area contributed by atoms with Crippen LogP contribution >= 0.6 is 0 Å². The molecule has 1 aromatic heterocycles. The Bertz CT molecular complexity index is 1150. The quantitative estimate of drug-likeness (QED) is 0.420. The SMILES string of the molecule is C=CCOc1ccc(/C=C/C(=O)Nc2nc3ccccc3nc2N2CCCC2)cc1OC. The molecule has 7 nitrogen and oxygen atoms in total. The van der Waals surface area contributed by atoms with Crippen LogP contribution in [0.25, 0.3) is 17.1 Å². The average molecular weight is 431 g/mol. The number of rotatable bonds is 8. The van der Waals surface area contributed by atoms with Gasteiger partial charge in [0.25, 0.3) is 0 Å². The number of hydrogen-bond acceptors (Lipinski definition) is 6. The van der Waals surface area contributed by atoms with Gasteiger partial charge in [-0.15, -0.1) is 0 Å². The van der Waals surface area contributed by atoms with Crippen molar-refractivity contribution in [3.05, 3.63) is 66.8 Å². The first kappa shape index (κ1) is 21.4. The van der Waals surface area contributed by atoms with Crippen LogP contribution in [0.3, 0.4) is 0 Å². The van der Waals surface area contributed by atoms with Crippen molar-refractivity contribution < 1.29 is 14.3 Å². The van der Waals surface area contributed by atoms with Gasteiger partial charge in [-0.3, -0.25) is 4.79 Å². The lowest BCUT2D eigenvalue weighted by Gasteiger charge is -2.19. The number of hydrogen-bond donors (Lipinski definition) is 1. The Morgan fingerprint density at radius 3 is 2.59 bits per heavy atom. The average Bonchev–Trinajstić information content (AvgIpc) is 3.36. The topological polar surface area (TPSA) is 76.6 Å². The van der Waals surface area contributed by atoms with Crippen LogP contribution in [-0.4, -0.2) is 42.7 Å². The third kappa shape index (κ3) is 4.88. The van der Waals surface area contributed by atoms with E-state index in [9.17, 15) is 4.79 Å². The molecule has 0 spiro atoms. The van der Waals surface area contributed by atoms with Crippen LogP contribution in [0.5, 0.6) is 11.5 Å². The standard InChI is InChI=1S/C25H26N4O3/c1-3-16-32-21-12-10-18(17-22(21)31-2)11-13-23(30)28-24-25(29-14-6-7-15-29)27-20-9-5-4-8-19(20)26-24/h3-5,8-13,17H,1,6-7,14-16H2,2H3,(H,26,28,30)/b13-11+. The summed E-state index contributed by atoms with van der Waals surface area (Å²) in [5, 5.41) is 2.91. The first-order valence-electron chi connectivity index (χ1n) is 10.6. The molecule has 0 saturated carbocycles. The molecule has 2 aromatic carbocycles. The van der Waals surface area contributed by atoms with Crippen LogP contribution in [0.2, 0.25) is 0 Å². The maximum atomic E-state index is 12.7. The monoisotopic (exact) mass is 430 g/mol. The van der Waals surface area contributed by atoms with Crippen LogP contribution in [0.15, 0.2) is 61.2 Å². The second kappa shape index (κ2) is 9.96. The minimum atomic E-state index is -0.277. The first-order valence-corrected chi connectivity index (χ1v) is 10.6. The van der Waals surface area contributed by atoms with E-state index in [2.05, 4.69) is 21.8 Å². The number of carbonyl (C=O) groups excluding carboxylic acids is 1. The zero-order valence-corrected chi connectivity index (χ0v) is 18.1. The molecule has 1 aliphatic heterocycles. The third-order valence-corrected chi connectivity index (χ3v) is 5.17. The van der Waals surface area contributed by atoms with E-state index in [-0.39, 0.29) is 5.91 Å². The number of anilines is 2. The number of fused-ring (bicyclic) bond motifs is 1. The number of ether oxygens (including phenoxy) is 2. The van der Waals surface area contributed by atoms with Crippen molar-refractivity contribution in [2.45, 2.75) is 12.8 Å². The minimum absolute atomic E-state index is 0.277. The van der Waals surface area contributed by atoms with Gasteiger partial charge in [-0.25, -0.2) is 9.97 Å². The van der Waals surface area contributed by atoms with Crippen molar-refractivity contribution in [2.24, 2.45) is 0 Å². The molecule has 1 N–H and O–H groups in total. The Hall–Kier alpha value is -3.87. The molecule has 164 valence electrons. The molecule has 0 radical (unpaired) electrons. The van der Waals surface area contributed by atoms with E-state index in [1.54, 1.807) is 25.3 Å². The molecule has 1 saturated heterocycles. The van der Waals surface area contributed by atoms with Gasteiger partial charge in [0, 0.05) is 19.2 Å². The first-order chi connectivity index (χ1) is 15.7. The maximum Gasteiger partial charge on any atom is 0.249 e. The summed E-state index contributed by atoms with van der Waals surface area (Å²) in [6.45, 7) is 5.85. The Kier molecular flexibility index (Phi) is 6.65. The van der Waals surface area contributed by atoms with E-state index in [0.717, 1.165) is 42.5 Å². The number of carbonyl (C=O) groups is 1. The molecular formula is C25H26N4O3. The van der Waals surface area contributed by atoms with E-state index in [1.165, 1.54) is 6.08 Å². The van der Waals surface area contributed by atoms with Gasteiger partial charge in [0.05, 0.1) is 18.1 Å². The van der Waals surface area contributed by atoms with Crippen LogP contribution in [0.1, 0.15) is 18.4 Å². The fourth-order valence-electron chi connectivity index (χ4n) is 3.61. The predicted molar refractivity (Wildman–Crippen MR) is 127 cm³/mol. The number of methoxy groups -OCH3 is 1. The second-order valence-electron chi connectivity index (χ2n) is 7.41. The molecular weight excluding hydrogens is 404 g/mol. The normalized spacial score (nSPS) is 13.5. The molecule has 3 aromatic rings. The largest absolute Gasteiger partial charge is 0.493 e. The summed E-state index contributed by atoms with van der Waals surface area (Å²) in [5.74, 6) is 2.13. The van der Waals surface area contributed by atoms with E-state index < -0.39 is 0 Å². The summed E-state index contributed by atoms with van der Waals surface area (Å²) in [6.07, 6.45) is 7.08. The molecule has 0 atom stereocenters. The molecule has 2 heterocycles. The predicted octanol–water partition coefficient (Wildman–Crippen LogP) is 4.46. The van der Waals surface area contributed by atoms with Crippen LogP contribution in [-0.2, 0) is 4.79 Å². The Balaban J connectivity index is 1.54. The van der Waals surface area contributed by atoms with Crippen molar-refractivity contribution in [1.29, 1.82) is 0 Å². The highest BCUT2D eigenvalue weighted by Crippen LogP contribution is 2.29. The smallest absolute Gasteiger partial charge is 0.249 e. The lowest BCUT2D eigenvalue weighted by atomic mass is 10.2. The van der Waals surface area contributed by atoms with Crippen molar-refractivity contribution in [3.8, 4) is 11.5 Å². The van der Waals surface area contributed by atoms with Gasteiger partial charge in [-0.05, 0) is 48.7 Å². The summed E-state index contributed by atoms with van der Waals surface area (Å²) < 4.78 is 10.9. The highest BCUT2D eigenvalue weighted by atomic mass is 16.5. The van der Waals surface area contributed by atoms with Crippen molar-refractivity contribution >= 4 is 34.7 Å². The molecule has 1 fully saturated rings. The summed E-state index contributed by atoms with van der Waals surface area (Å²) in [4.78, 5) is 24.3. The Labute approximate surface area is 187 Å². The van der Waals surface area contributed by atoms with E-state index in [0.29, 0.717) is 29.7 Å². The minimum Gasteiger partial charge on any atom is -0.493 e. The fourth-order valence-corrected chi connectivity index (χ4v) is 3.61. The van der Waals surface area contributed by atoms with E-state index >= 15 is 0 Å². The highest BCUT2D eigenvalue weighted by molar-refractivity contribution is 6.03. The van der Waals surface area contributed by atoms with E-state index in [1.807, 2.05) is 36.4 Å². The highest BCUT2D eigenvalue weighted by Gasteiger charge is 2.20. The second-order valence-corrected chi connectivity index (χ2v) is 7.41.